The molecule has 1 heterocycles. The van der Waals surface area contributed by atoms with Crippen molar-refractivity contribution in [3.05, 3.63) is 59.7 Å². The van der Waals surface area contributed by atoms with Gasteiger partial charge in [-0.05, 0) is 73.7 Å². The van der Waals surface area contributed by atoms with E-state index in [0.29, 0.717) is 16.5 Å². The number of nitrogens with one attached hydrogen (secondary N) is 1. The fourth-order valence-corrected chi connectivity index (χ4v) is 4.62. The first kappa shape index (κ1) is 21.7. The minimum atomic E-state index is -3.54. The van der Waals surface area contributed by atoms with Crippen LogP contribution < -0.4 is 4.72 Å². The largest absolute Gasteiger partial charge is 0.303 e. The molecule has 1 fully saturated rings. The SMILES string of the molecule is CCCN1CCC(c2ccc(NS(=O)(=O)c3ccc(CC)cc3)cc2)C1.Cl. The third-order valence-corrected chi connectivity index (χ3v) is 6.49. The van der Waals surface area contributed by atoms with Crippen molar-refractivity contribution in [3.8, 4) is 0 Å². The zero-order valence-corrected chi connectivity index (χ0v) is 17.7. The van der Waals surface area contributed by atoms with Gasteiger partial charge in [0.15, 0.2) is 0 Å². The van der Waals surface area contributed by atoms with Gasteiger partial charge >= 0.3 is 0 Å². The van der Waals surface area contributed by atoms with E-state index in [1.807, 2.05) is 24.3 Å². The summed E-state index contributed by atoms with van der Waals surface area (Å²) in [5.41, 5.74) is 3.03. The maximum Gasteiger partial charge on any atom is 0.261 e. The van der Waals surface area contributed by atoms with E-state index in [1.54, 1.807) is 12.1 Å². The summed E-state index contributed by atoms with van der Waals surface area (Å²) in [6.45, 7) is 7.67. The average molecular weight is 409 g/mol. The van der Waals surface area contributed by atoms with Gasteiger partial charge in [-0.3, -0.25) is 4.72 Å². The summed E-state index contributed by atoms with van der Waals surface area (Å²) in [5, 5.41) is 0. The predicted octanol–water partition coefficient (Wildman–Crippen LogP) is 4.67. The Hall–Kier alpha value is -1.56. The molecule has 0 bridgehead atoms. The summed E-state index contributed by atoms with van der Waals surface area (Å²) in [5.74, 6) is 0.550. The Morgan fingerprint density at radius 2 is 1.70 bits per heavy atom. The molecule has 148 valence electrons. The van der Waals surface area contributed by atoms with Gasteiger partial charge in [-0.1, -0.05) is 38.1 Å². The Balaban J connectivity index is 0.00000261. The van der Waals surface area contributed by atoms with Crippen molar-refractivity contribution < 1.29 is 8.42 Å². The molecule has 2 aromatic rings. The second-order valence-electron chi connectivity index (χ2n) is 7.01. The van der Waals surface area contributed by atoms with E-state index in [2.05, 4.69) is 35.6 Å². The van der Waals surface area contributed by atoms with Gasteiger partial charge in [0.2, 0.25) is 0 Å². The molecule has 4 nitrogen and oxygen atoms in total. The number of rotatable bonds is 7. The molecule has 0 aromatic heterocycles. The molecule has 3 rings (SSSR count). The van der Waals surface area contributed by atoms with Crippen LogP contribution in [0, 0.1) is 0 Å². The molecule has 6 heteroatoms. The van der Waals surface area contributed by atoms with Crippen LogP contribution >= 0.6 is 12.4 Å². The lowest BCUT2D eigenvalue weighted by molar-refractivity contribution is 0.335. The first-order chi connectivity index (χ1) is 12.5. The predicted molar refractivity (Wildman–Crippen MR) is 114 cm³/mol. The Bertz CT molecular complexity index is 820. The molecule has 2 aromatic carbocycles. The summed E-state index contributed by atoms with van der Waals surface area (Å²) >= 11 is 0. The molecule has 1 atom stereocenters. The van der Waals surface area contributed by atoms with Gasteiger partial charge < -0.3 is 4.90 Å². The maximum atomic E-state index is 12.5. The summed E-state index contributed by atoms with van der Waals surface area (Å²) in [4.78, 5) is 2.80. The summed E-state index contributed by atoms with van der Waals surface area (Å²) in [7, 11) is -3.54. The molecule has 27 heavy (non-hydrogen) atoms. The van der Waals surface area contributed by atoms with E-state index in [0.717, 1.165) is 31.6 Å². The first-order valence-electron chi connectivity index (χ1n) is 9.46. The van der Waals surface area contributed by atoms with Gasteiger partial charge in [0.05, 0.1) is 4.90 Å². The lowest BCUT2D eigenvalue weighted by Crippen LogP contribution is -2.20. The maximum absolute atomic E-state index is 12.5. The Morgan fingerprint density at radius 1 is 1.04 bits per heavy atom. The first-order valence-corrected chi connectivity index (χ1v) is 10.9. The number of benzene rings is 2. The van der Waals surface area contributed by atoms with Crippen molar-refractivity contribution in [1.82, 2.24) is 4.90 Å². The molecule has 0 saturated carbocycles. The molecule has 0 amide bonds. The van der Waals surface area contributed by atoms with Crippen molar-refractivity contribution in [1.29, 1.82) is 0 Å². The van der Waals surface area contributed by atoms with Crippen LogP contribution in [0.5, 0.6) is 0 Å². The third-order valence-electron chi connectivity index (χ3n) is 5.09. The number of hydrogen-bond donors (Lipinski definition) is 1. The lowest BCUT2D eigenvalue weighted by Gasteiger charge is -2.15. The van der Waals surface area contributed by atoms with Crippen LogP contribution in [0.1, 0.15) is 43.7 Å². The average Bonchev–Trinajstić information content (AvgIpc) is 3.11. The van der Waals surface area contributed by atoms with E-state index >= 15 is 0 Å². The molecule has 1 aliphatic heterocycles. The fourth-order valence-electron chi connectivity index (χ4n) is 3.57. The number of halogens is 1. The van der Waals surface area contributed by atoms with Crippen molar-refractivity contribution in [2.75, 3.05) is 24.4 Å². The molecule has 0 aliphatic carbocycles. The monoisotopic (exact) mass is 408 g/mol. The number of aryl methyl sites for hydroxylation is 1. The molecular formula is C21H29ClN2O2S. The topological polar surface area (TPSA) is 49.4 Å². The minimum Gasteiger partial charge on any atom is -0.303 e. The molecule has 1 saturated heterocycles. The molecule has 1 aliphatic rings. The van der Waals surface area contributed by atoms with E-state index < -0.39 is 10.0 Å². The Kier molecular flexibility index (Phi) is 7.71. The van der Waals surface area contributed by atoms with Gasteiger partial charge in [-0.15, -0.1) is 12.4 Å². The second kappa shape index (κ2) is 9.58. The van der Waals surface area contributed by atoms with Gasteiger partial charge in [-0.25, -0.2) is 8.42 Å². The highest BCUT2D eigenvalue weighted by atomic mass is 35.5. The summed E-state index contributed by atoms with van der Waals surface area (Å²) < 4.78 is 27.8. The van der Waals surface area contributed by atoms with Crippen LogP contribution in [0.25, 0.3) is 0 Å². The smallest absolute Gasteiger partial charge is 0.261 e. The quantitative estimate of drug-likeness (QED) is 0.724. The number of nitrogens with zero attached hydrogens (tertiary/aromatic N) is 1. The number of sulfonamides is 1. The molecule has 0 spiro atoms. The van der Waals surface area contributed by atoms with Crippen LogP contribution in [0.15, 0.2) is 53.4 Å². The van der Waals surface area contributed by atoms with Crippen molar-refractivity contribution in [2.24, 2.45) is 0 Å². The zero-order chi connectivity index (χ0) is 18.6. The highest BCUT2D eigenvalue weighted by molar-refractivity contribution is 7.92. The molecule has 1 unspecified atom stereocenters. The fraction of sp³-hybridized carbons (Fsp3) is 0.429. The zero-order valence-electron chi connectivity index (χ0n) is 16.0. The number of anilines is 1. The number of likely N-dealkylation sites (tertiary alicyclic amines) is 1. The van der Waals surface area contributed by atoms with Crippen LogP contribution in [0.2, 0.25) is 0 Å². The van der Waals surface area contributed by atoms with Gasteiger partial charge in [0.1, 0.15) is 0 Å². The summed E-state index contributed by atoms with van der Waals surface area (Å²) in [6.07, 6.45) is 3.26. The van der Waals surface area contributed by atoms with Crippen LogP contribution in [0.3, 0.4) is 0 Å². The molecule has 1 N–H and O–H groups in total. The van der Waals surface area contributed by atoms with Gasteiger partial charge in [-0.2, -0.15) is 0 Å². The van der Waals surface area contributed by atoms with Crippen molar-refractivity contribution >= 4 is 28.1 Å². The minimum absolute atomic E-state index is 0. The van der Waals surface area contributed by atoms with Crippen molar-refractivity contribution in [2.45, 2.75) is 43.9 Å². The van der Waals surface area contributed by atoms with Crippen LogP contribution in [-0.2, 0) is 16.4 Å². The standard InChI is InChI=1S/C21H28N2O2S.ClH/c1-3-14-23-15-13-19(16-23)18-7-9-20(10-8-18)22-26(24,25)21-11-5-17(4-2)6-12-21;/h5-12,19,22H,3-4,13-16H2,1-2H3;1H. The van der Waals surface area contributed by atoms with Gasteiger partial charge in [0, 0.05) is 12.2 Å². The Labute approximate surface area is 169 Å². The highest BCUT2D eigenvalue weighted by Gasteiger charge is 2.23. The summed E-state index contributed by atoms with van der Waals surface area (Å²) in [6, 6.07) is 14.9. The van der Waals surface area contributed by atoms with E-state index in [4.69, 9.17) is 0 Å². The van der Waals surface area contributed by atoms with E-state index in [1.165, 1.54) is 18.4 Å². The number of hydrogen-bond acceptors (Lipinski definition) is 3. The molecular weight excluding hydrogens is 380 g/mol. The third kappa shape index (κ3) is 5.47. The van der Waals surface area contributed by atoms with Crippen molar-refractivity contribution in [3.63, 3.8) is 0 Å². The highest BCUT2D eigenvalue weighted by Crippen LogP contribution is 2.28. The van der Waals surface area contributed by atoms with Gasteiger partial charge in [0.25, 0.3) is 10.0 Å². The normalized spacial score (nSPS) is 17.5. The van der Waals surface area contributed by atoms with Crippen LogP contribution in [-0.4, -0.2) is 33.0 Å². The van der Waals surface area contributed by atoms with E-state index in [-0.39, 0.29) is 12.4 Å². The van der Waals surface area contributed by atoms with E-state index in [9.17, 15) is 8.42 Å². The second-order valence-corrected chi connectivity index (χ2v) is 8.69. The molecule has 0 radical (unpaired) electrons. The lowest BCUT2D eigenvalue weighted by atomic mass is 9.98. The Morgan fingerprint density at radius 3 is 2.30 bits per heavy atom. The van der Waals surface area contributed by atoms with Crippen LogP contribution in [0.4, 0.5) is 5.69 Å².